The monoisotopic (exact) mass is 436 g/mol. The zero-order valence-electron chi connectivity index (χ0n) is 17.6. The molecular weight excluding hydrogens is 404 g/mol. The highest BCUT2D eigenvalue weighted by atomic mass is 32.2. The van der Waals surface area contributed by atoms with Crippen LogP contribution in [0.2, 0.25) is 0 Å². The topological polar surface area (TPSA) is 119 Å². The van der Waals surface area contributed by atoms with Crippen LogP contribution >= 0.6 is 0 Å². The summed E-state index contributed by atoms with van der Waals surface area (Å²) in [5.74, 6) is 2.11. The summed E-state index contributed by atoms with van der Waals surface area (Å²) < 4.78 is 33.7. The maximum atomic E-state index is 11.4. The van der Waals surface area contributed by atoms with Gasteiger partial charge in [-0.3, -0.25) is 0 Å². The molecule has 9 heteroatoms. The molecule has 0 radical (unpaired) electrons. The first-order valence-electron chi connectivity index (χ1n) is 10.1. The Morgan fingerprint density at radius 2 is 1.90 bits per heavy atom. The Balaban J connectivity index is 1.87. The van der Waals surface area contributed by atoms with E-state index >= 15 is 0 Å². The minimum atomic E-state index is -3.69. The van der Waals surface area contributed by atoms with Crippen molar-refractivity contribution in [3.8, 4) is 0 Å². The molecule has 4 N–H and O–H groups in total. The van der Waals surface area contributed by atoms with Crippen molar-refractivity contribution in [2.75, 3.05) is 26.3 Å². The van der Waals surface area contributed by atoms with Crippen molar-refractivity contribution in [1.29, 1.82) is 0 Å². The van der Waals surface area contributed by atoms with E-state index in [1.54, 1.807) is 18.4 Å². The minimum absolute atomic E-state index is 0.0894. The number of rotatable bonds is 12. The van der Waals surface area contributed by atoms with Crippen LogP contribution in [-0.2, 0) is 27.7 Å². The van der Waals surface area contributed by atoms with Gasteiger partial charge < -0.3 is 19.8 Å². The number of primary sulfonamides is 1. The lowest BCUT2D eigenvalue weighted by Crippen LogP contribution is -2.39. The molecule has 1 aromatic carbocycles. The number of furan rings is 1. The van der Waals surface area contributed by atoms with E-state index in [9.17, 15) is 8.42 Å². The summed E-state index contributed by atoms with van der Waals surface area (Å²) in [5, 5.41) is 11.7. The van der Waals surface area contributed by atoms with Crippen molar-refractivity contribution < 1.29 is 17.6 Å². The fourth-order valence-corrected chi connectivity index (χ4v) is 3.10. The van der Waals surface area contributed by atoms with Gasteiger partial charge in [0.05, 0.1) is 17.7 Å². The molecule has 2 aromatic rings. The highest BCUT2D eigenvalue weighted by Crippen LogP contribution is 2.09. The molecule has 1 aromatic heterocycles. The number of ether oxygens (including phenoxy) is 1. The first-order valence-corrected chi connectivity index (χ1v) is 11.6. The predicted molar refractivity (Wildman–Crippen MR) is 118 cm³/mol. The van der Waals surface area contributed by atoms with E-state index < -0.39 is 10.0 Å². The average molecular weight is 437 g/mol. The largest absolute Gasteiger partial charge is 0.469 e. The third-order valence-corrected chi connectivity index (χ3v) is 5.05. The summed E-state index contributed by atoms with van der Waals surface area (Å²) in [6, 6.07) is 10.2. The van der Waals surface area contributed by atoms with Gasteiger partial charge in [0.15, 0.2) is 5.96 Å². The number of nitrogens with one attached hydrogen (secondary N) is 2. The van der Waals surface area contributed by atoms with Crippen molar-refractivity contribution in [1.82, 2.24) is 10.6 Å². The van der Waals surface area contributed by atoms with Gasteiger partial charge in [0.2, 0.25) is 10.0 Å². The van der Waals surface area contributed by atoms with Crippen LogP contribution in [0.5, 0.6) is 0 Å². The van der Waals surface area contributed by atoms with Crippen LogP contribution in [0.25, 0.3) is 0 Å². The van der Waals surface area contributed by atoms with Crippen LogP contribution in [0.3, 0.4) is 0 Å². The van der Waals surface area contributed by atoms with Crippen LogP contribution in [0, 0.1) is 5.92 Å². The van der Waals surface area contributed by atoms with E-state index in [4.69, 9.17) is 14.3 Å². The molecule has 8 nitrogen and oxygen atoms in total. The SMILES string of the molecule is CC(C)COCCCNC(=NCc1ccc(S(N)(=O)=O)cc1)NCCc1ccco1. The fourth-order valence-electron chi connectivity index (χ4n) is 2.59. The molecule has 0 spiro atoms. The summed E-state index contributed by atoms with van der Waals surface area (Å²) in [7, 11) is -3.69. The first-order chi connectivity index (χ1) is 14.3. The third-order valence-electron chi connectivity index (χ3n) is 4.12. The molecular formula is C21H32N4O4S. The van der Waals surface area contributed by atoms with E-state index in [0.717, 1.165) is 37.3 Å². The molecule has 0 bridgehead atoms. The molecule has 2 rings (SSSR count). The first kappa shape index (κ1) is 23.9. The maximum absolute atomic E-state index is 11.4. The fraction of sp³-hybridized carbons (Fsp3) is 0.476. The van der Waals surface area contributed by atoms with E-state index in [-0.39, 0.29) is 4.90 Å². The average Bonchev–Trinajstić information content (AvgIpc) is 3.21. The van der Waals surface area contributed by atoms with Crippen molar-refractivity contribution in [2.24, 2.45) is 16.0 Å². The van der Waals surface area contributed by atoms with Gasteiger partial charge in [-0.15, -0.1) is 0 Å². The lowest BCUT2D eigenvalue weighted by atomic mass is 10.2. The zero-order chi connectivity index (χ0) is 21.8. The van der Waals surface area contributed by atoms with Gasteiger partial charge in [-0.25, -0.2) is 18.5 Å². The summed E-state index contributed by atoms with van der Waals surface area (Å²) in [5.41, 5.74) is 0.884. The number of nitrogens with two attached hydrogens (primary N) is 1. The molecule has 0 aliphatic heterocycles. The van der Waals surface area contributed by atoms with E-state index in [1.165, 1.54) is 12.1 Å². The van der Waals surface area contributed by atoms with Crippen LogP contribution in [-0.4, -0.2) is 40.7 Å². The number of hydrogen-bond donors (Lipinski definition) is 3. The molecule has 0 saturated carbocycles. The quantitative estimate of drug-likeness (QED) is 0.267. The summed E-state index contributed by atoms with van der Waals surface area (Å²) in [4.78, 5) is 4.68. The number of benzene rings is 1. The van der Waals surface area contributed by atoms with Crippen molar-refractivity contribution in [3.63, 3.8) is 0 Å². The van der Waals surface area contributed by atoms with Gasteiger partial charge in [0.25, 0.3) is 0 Å². The Morgan fingerprint density at radius 3 is 2.53 bits per heavy atom. The van der Waals surface area contributed by atoms with Crippen molar-refractivity contribution >= 4 is 16.0 Å². The summed E-state index contributed by atoms with van der Waals surface area (Å²) in [6.45, 7) is 7.52. The second kappa shape index (κ2) is 12.4. The normalized spacial score (nSPS) is 12.3. The Labute approximate surface area is 179 Å². The van der Waals surface area contributed by atoms with E-state index in [1.807, 2.05) is 12.1 Å². The Hall–Kier alpha value is -2.36. The molecule has 0 amide bonds. The van der Waals surface area contributed by atoms with Gasteiger partial charge in [0.1, 0.15) is 5.76 Å². The lowest BCUT2D eigenvalue weighted by molar-refractivity contribution is 0.108. The standard InChI is InChI=1S/C21H32N4O4S/c1-17(2)16-28-13-4-11-23-21(24-12-10-19-5-3-14-29-19)25-15-18-6-8-20(9-7-18)30(22,26)27/h3,5-9,14,17H,4,10-13,15-16H2,1-2H3,(H2,22,26,27)(H2,23,24,25). The molecule has 30 heavy (non-hydrogen) atoms. The Bertz CT molecular complexity index is 863. The molecule has 0 fully saturated rings. The molecule has 0 unspecified atom stereocenters. The van der Waals surface area contributed by atoms with Gasteiger partial charge in [-0.2, -0.15) is 0 Å². The molecule has 0 saturated heterocycles. The smallest absolute Gasteiger partial charge is 0.238 e. The highest BCUT2D eigenvalue weighted by molar-refractivity contribution is 7.89. The van der Waals surface area contributed by atoms with Gasteiger partial charge >= 0.3 is 0 Å². The van der Waals surface area contributed by atoms with Crippen LogP contribution < -0.4 is 15.8 Å². The third kappa shape index (κ3) is 9.43. The van der Waals surface area contributed by atoms with Gasteiger partial charge in [0, 0.05) is 32.7 Å². The van der Waals surface area contributed by atoms with Crippen LogP contribution in [0.15, 0.2) is 57.0 Å². The second-order valence-electron chi connectivity index (χ2n) is 7.36. The molecule has 166 valence electrons. The van der Waals surface area contributed by atoms with Crippen molar-refractivity contribution in [2.45, 2.75) is 38.1 Å². The number of hydrogen-bond acceptors (Lipinski definition) is 5. The van der Waals surface area contributed by atoms with Crippen molar-refractivity contribution in [3.05, 3.63) is 54.0 Å². The predicted octanol–water partition coefficient (Wildman–Crippen LogP) is 2.27. The number of nitrogens with zero attached hydrogens (tertiary/aromatic N) is 1. The lowest BCUT2D eigenvalue weighted by Gasteiger charge is -2.13. The highest BCUT2D eigenvalue weighted by Gasteiger charge is 2.07. The molecule has 0 aliphatic carbocycles. The summed E-state index contributed by atoms with van der Waals surface area (Å²) >= 11 is 0. The molecule has 1 heterocycles. The van der Waals surface area contributed by atoms with Crippen LogP contribution in [0.1, 0.15) is 31.6 Å². The molecule has 0 atom stereocenters. The summed E-state index contributed by atoms with van der Waals surface area (Å²) in [6.07, 6.45) is 3.27. The second-order valence-corrected chi connectivity index (χ2v) is 8.92. The Morgan fingerprint density at radius 1 is 1.17 bits per heavy atom. The number of aliphatic imine (C=N–C) groups is 1. The van der Waals surface area contributed by atoms with Gasteiger partial charge in [-0.1, -0.05) is 26.0 Å². The van der Waals surface area contributed by atoms with E-state index in [0.29, 0.717) is 31.6 Å². The zero-order valence-corrected chi connectivity index (χ0v) is 18.5. The number of sulfonamides is 1. The maximum Gasteiger partial charge on any atom is 0.238 e. The Kier molecular flexibility index (Phi) is 9.85. The number of guanidine groups is 1. The van der Waals surface area contributed by atoms with Gasteiger partial charge in [-0.05, 0) is 42.2 Å². The van der Waals surface area contributed by atoms with Crippen LogP contribution in [0.4, 0.5) is 0 Å². The minimum Gasteiger partial charge on any atom is -0.469 e. The van der Waals surface area contributed by atoms with E-state index in [2.05, 4.69) is 29.5 Å². The molecule has 0 aliphatic rings.